The van der Waals surface area contributed by atoms with E-state index in [4.69, 9.17) is 4.52 Å². The summed E-state index contributed by atoms with van der Waals surface area (Å²) in [4.78, 5) is 6.42. The number of likely N-dealkylation sites (N-methyl/N-ethyl adjacent to an activating group) is 1. The van der Waals surface area contributed by atoms with Crippen LogP contribution in [0.5, 0.6) is 0 Å². The van der Waals surface area contributed by atoms with E-state index in [1.807, 2.05) is 14.0 Å². The first-order valence-electron chi connectivity index (χ1n) is 6.40. The lowest BCUT2D eigenvalue weighted by Crippen LogP contribution is -2.43. The summed E-state index contributed by atoms with van der Waals surface area (Å²) < 4.78 is 5.08. The van der Waals surface area contributed by atoms with Gasteiger partial charge in [0.15, 0.2) is 5.82 Å². The van der Waals surface area contributed by atoms with Crippen molar-refractivity contribution in [3.63, 3.8) is 0 Å². The maximum Gasteiger partial charge on any atom is 0.226 e. The van der Waals surface area contributed by atoms with Gasteiger partial charge in [-0.3, -0.25) is 4.90 Å². The molecule has 96 valence electrons. The minimum Gasteiger partial charge on any atom is -0.391 e. The van der Waals surface area contributed by atoms with Crippen molar-refractivity contribution in [2.45, 2.75) is 57.7 Å². The van der Waals surface area contributed by atoms with E-state index in [0.29, 0.717) is 18.3 Å². The number of rotatable bonds is 4. The van der Waals surface area contributed by atoms with Gasteiger partial charge in [-0.25, -0.2) is 0 Å². The predicted molar refractivity (Wildman–Crippen MR) is 63.4 cm³/mol. The Kier molecular flexibility index (Phi) is 4.12. The second-order valence-electron chi connectivity index (χ2n) is 4.79. The molecule has 0 amide bonds. The summed E-state index contributed by atoms with van der Waals surface area (Å²) in [5.74, 6) is 1.39. The molecule has 0 aromatic carbocycles. The second kappa shape index (κ2) is 5.60. The maximum absolute atomic E-state index is 9.96. The Balaban J connectivity index is 1.93. The molecular weight excluding hydrogens is 218 g/mol. The van der Waals surface area contributed by atoms with Crippen LogP contribution < -0.4 is 0 Å². The van der Waals surface area contributed by atoms with Gasteiger partial charge in [-0.05, 0) is 19.9 Å². The molecule has 1 heterocycles. The molecule has 1 saturated carbocycles. The van der Waals surface area contributed by atoms with Crippen molar-refractivity contribution in [2.75, 3.05) is 7.05 Å². The summed E-state index contributed by atoms with van der Waals surface area (Å²) in [6.07, 6.45) is 4.83. The van der Waals surface area contributed by atoms with Crippen molar-refractivity contribution >= 4 is 0 Å². The van der Waals surface area contributed by atoms with Gasteiger partial charge in [0.2, 0.25) is 5.89 Å². The Labute approximate surface area is 102 Å². The average molecular weight is 239 g/mol. The first-order valence-corrected chi connectivity index (χ1v) is 6.40. The van der Waals surface area contributed by atoms with Crippen LogP contribution in [0.2, 0.25) is 0 Å². The zero-order valence-corrected chi connectivity index (χ0v) is 10.6. The summed E-state index contributed by atoms with van der Waals surface area (Å²) in [6, 6.07) is 0.229. The van der Waals surface area contributed by atoms with Crippen LogP contribution in [-0.2, 0) is 13.0 Å². The van der Waals surface area contributed by atoms with Gasteiger partial charge < -0.3 is 9.63 Å². The number of nitrogens with zero attached hydrogens (tertiary/aromatic N) is 3. The van der Waals surface area contributed by atoms with E-state index in [2.05, 4.69) is 15.0 Å². The Bertz CT molecular complexity index is 353. The molecule has 0 bridgehead atoms. The minimum absolute atomic E-state index is 0.216. The summed E-state index contributed by atoms with van der Waals surface area (Å²) in [5.41, 5.74) is 0. The van der Waals surface area contributed by atoms with Crippen LogP contribution in [0.1, 0.15) is 44.3 Å². The minimum atomic E-state index is -0.216. The predicted octanol–water partition coefficient (Wildman–Crippen LogP) is 1.37. The highest BCUT2D eigenvalue weighted by atomic mass is 16.5. The highest BCUT2D eigenvalue weighted by molar-refractivity contribution is 4.89. The zero-order valence-electron chi connectivity index (χ0n) is 10.6. The second-order valence-corrected chi connectivity index (χ2v) is 4.79. The number of aromatic nitrogens is 2. The molecule has 0 spiro atoms. The van der Waals surface area contributed by atoms with Gasteiger partial charge >= 0.3 is 0 Å². The lowest BCUT2D eigenvalue weighted by molar-refractivity contribution is 0.0275. The summed E-state index contributed by atoms with van der Waals surface area (Å²) in [7, 11) is 2.02. The zero-order chi connectivity index (χ0) is 12.3. The molecule has 0 saturated heterocycles. The SMILES string of the molecule is CCc1nc(CN(C)C2CCCCC2O)no1. The Morgan fingerprint density at radius 2 is 2.18 bits per heavy atom. The van der Waals surface area contributed by atoms with E-state index in [1.54, 1.807) is 0 Å². The lowest BCUT2D eigenvalue weighted by Gasteiger charge is -2.34. The van der Waals surface area contributed by atoms with Crippen molar-refractivity contribution in [1.29, 1.82) is 0 Å². The van der Waals surface area contributed by atoms with E-state index in [-0.39, 0.29) is 12.1 Å². The molecule has 1 aliphatic carbocycles. The number of aryl methyl sites for hydroxylation is 1. The van der Waals surface area contributed by atoms with Gasteiger partial charge in [0, 0.05) is 12.5 Å². The van der Waals surface area contributed by atoms with Gasteiger partial charge in [0.1, 0.15) is 0 Å². The fourth-order valence-corrected chi connectivity index (χ4v) is 2.44. The van der Waals surface area contributed by atoms with E-state index in [9.17, 15) is 5.11 Å². The van der Waals surface area contributed by atoms with E-state index in [0.717, 1.165) is 25.7 Å². The van der Waals surface area contributed by atoms with Gasteiger partial charge in [-0.15, -0.1) is 0 Å². The number of aliphatic hydroxyl groups is 1. The molecule has 1 fully saturated rings. The molecule has 1 aliphatic rings. The molecule has 0 radical (unpaired) electrons. The van der Waals surface area contributed by atoms with Gasteiger partial charge in [-0.2, -0.15) is 4.98 Å². The Morgan fingerprint density at radius 3 is 2.82 bits per heavy atom. The lowest BCUT2D eigenvalue weighted by atomic mass is 9.91. The summed E-state index contributed by atoms with van der Waals surface area (Å²) in [6.45, 7) is 2.64. The van der Waals surface area contributed by atoms with Crippen molar-refractivity contribution in [3.8, 4) is 0 Å². The van der Waals surface area contributed by atoms with Crippen LogP contribution in [-0.4, -0.2) is 39.3 Å². The highest BCUT2D eigenvalue weighted by Crippen LogP contribution is 2.23. The third-order valence-electron chi connectivity index (χ3n) is 3.46. The fourth-order valence-electron chi connectivity index (χ4n) is 2.44. The van der Waals surface area contributed by atoms with Crippen molar-refractivity contribution in [2.24, 2.45) is 0 Å². The molecule has 1 aromatic rings. The van der Waals surface area contributed by atoms with Crippen molar-refractivity contribution in [3.05, 3.63) is 11.7 Å². The smallest absolute Gasteiger partial charge is 0.226 e. The van der Waals surface area contributed by atoms with E-state index >= 15 is 0 Å². The molecule has 5 heteroatoms. The number of aliphatic hydroxyl groups excluding tert-OH is 1. The van der Waals surface area contributed by atoms with Crippen LogP contribution in [0, 0.1) is 0 Å². The van der Waals surface area contributed by atoms with Gasteiger partial charge in [-0.1, -0.05) is 24.9 Å². The normalized spacial score (nSPS) is 25.4. The topological polar surface area (TPSA) is 62.4 Å². The van der Waals surface area contributed by atoms with Crippen LogP contribution in [0.15, 0.2) is 4.52 Å². The summed E-state index contributed by atoms with van der Waals surface area (Å²) >= 11 is 0. The fraction of sp³-hybridized carbons (Fsp3) is 0.833. The van der Waals surface area contributed by atoms with Crippen LogP contribution >= 0.6 is 0 Å². The first kappa shape index (κ1) is 12.5. The van der Waals surface area contributed by atoms with Crippen LogP contribution in [0.4, 0.5) is 0 Å². The van der Waals surface area contributed by atoms with Crippen molar-refractivity contribution in [1.82, 2.24) is 15.0 Å². The molecule has 1 aromatic heterocycles. The van der Waals surface area contributed by atoms with Crippen LogP contribution in [0.25, 0.3) is 0 Å². The average Bonchev–Trinajstić information content (AvgIpc) is 2.77. The monoisotopic (exact) mass is 239 g/mol. The van der Waals surface area contributed by atoms with Crippen molar-refractivity contribution < 1.29 is 9.63 Å². The molecule has 2 unspecified atom stereocenters. The Morgan fingerprint density at radius 1 is 1.41 bits per heavy atom. The molecule has 0 aliphatic heterocycles. The standard InChI is InChI=1S/C12H21N3O2/c1-3-12-13-11(14-17-12)8-15(2)9-6-4-5-7-10(9)16/h9-10,16H,3-8H2,1-2H3. The molecule has 1 N–H and O–H groups in total. The van der Waals surface area contributed by atoms with E-state index in [1.165, 1.54) is 6.42 Å². The first-order chi connectivity index (χ1) is 8.20. The van der Waals surface area contributed by atoms with Crippen LogP contribution in [0.3, 0.4) is 0 Å². The number of hydrogen-bond donors (Lipinski definition) is 1. The van der Waals surface area contributed by atoms with E-state index < -0.39 is 0 Å². The quantitative estimate of drug-likeness (QED) is 0.859. The largest absolute Gasteiger partial charge is 0.391 e. The summed E-state index contributed by atoms with van der Waals surface area (Å²) in [5, 5.41) is 13.9. The van der Waals surface area contributed by atoms with Gasteiger partial charge in [0.05, 0.1) is 12.6 Å². The third-order valence-corrected chi connectivity index (χ3v) is 3.46. The Hall–Kier alpha value is -0.940. The molecular formula is C12H21N3O2. The molecule has 2 atom stereocenters. The number of hydrogen-bond acceptors (Lipinski definition) is 5. The third kappa shape index (κ3) is 3.04. The molecule has 2 rings (SSSR count). The molecule has 17 heavy (non-hydrogen) atoms. The maximum atomic E-state index is 9.96. The highest BCUT2D eigenvalue weighted by Gasteiger charge is 2.27. The molecule has 5 nitrogen and oxygen atoms in total. The van der Waals surface area contributed by atoms with Gasteiger partial charge in [0.25, 0.3) is 0 Å².